The van der Waals surface area contributed by atoms with Gasteiger partial charge in [0.25, 0.3) is 0 Å². The number of carbonyl (C=O) groups is 1. The second-order valence-electron chi connectivity index (χ2n) is 10.0. The summed E-state index contributed by atoms with van der Waals surface area (Å²) in [5.74, 6) is 0.240. The van der Waals surface area contributed by atoms with Gasteiger partial charge in [-0.25, -0.2) is 4.39 Å². The Morgan fingerprint density at radius 2 is 1.80 bits per heavy atom. The van der Waals surface area contributed by atoms with Crippen LogP contribution in [0, 0.1) is 11.7 Å². The highest BCUT2D eigenvalue weighted by Gasteiger charge is 2.16. The number of benzene rings is 1. The monoisotopic (exact) mass is 535 g/mol. The lowest BCUT2D eigenvalue weighted by molar-refractivity contribution is -0.116. The first-order valence-electron chi connectivity index (χ1n) is 12.8. The molecule has 0 saturated heterocycles. The van der Waals surface area contributed by atoms with Gasteiger partial charge in [-0.3, -0.25) is 24.8 Å². The number of fused-ring (bicyclic) bond motifs is 2. The third kappa shape index (κ3) is 4.86. The van der Waals surface area contributed by atoms with Gasteiger partial charge in [0.05, 0.1) is 53.8 Å². The number of halogens is 1. The van der Waals surface area contributed by atoms with Crippen LogP contribution in [0.25, 0.3) is 55.6 Å². The summed E-state index contributed by atoms with van der Waals surface area (Å²) in [6.45, 7) is 4.00. The van der Waals surface area contributed by atoms with Gasteiger partial charge < -0.3 is 15.0 Å². The number of pyridine rings is 3. The van der Waals surface area contributed by atoms with Crippen LogP contribution in [0.5, 0.6) is 5.75 Å². The van der Waals surface area contributed by atoms with Crippen molar-refractivity contribution in [3.63, 3.8) is 0 Å². The predicted molar refractivity (Wildman–Crippen MR) is 152 cm³/mol. The van der Waals surface area contributed by atoms with Crippen LogP contribution in [0.2, 0.25) is 0 Å². The molecule has 0 aliphatic carbocycles. The molecule has 6 aromatic rings. The zero-order chi connectivity index (χ0) is 27.8. The lowest BCUT2D eigenvalue weighted by Crippen LogP contribution is -2.13. The largest absolute Gasteiger partial charge is 0.497 e. The van der Waals surface area contributed by atoms with Gasteiger partial charge in [-0.1, -0.05) is 13.8 Å². The molecule has 5 aromatic heterocycles. The van der Waals surface area contributed by atoms with Crippen LogP contribution in [0.4, 0.5) is 10.1 Å². The Bertz CT molecular complexity index is 1880. The molecule has 6 rings (SSSR count). The fourth-order valence-electron chi connectivity index (χ4n) is 4.76. The van der Waals surface area contributed by atoms with Gasteiger partial charge in [0.1, 0.15) is 17.3 Å². The molecule has 0 aliphatic rings. The van der Waals surface area contributed by atoms with Crippen molar-refractivity contribution >= 4 is 33.4 Å². The highest BCUT2D eigenvalue weighted by atomic mass is 19.1. The average Bonchev–Trinajstić information content (AvgIpc) is 3.56. The van der Waals surface area contributed by atoms with Crippen LogP contribution in [0.3, 0.4) is 0 Å². The predicted octanol–water partition coefficient (Wildman–Crippen LogP) is 6.36. The van der Waals surface area contributed by atoms with Gasteiger partial charge in [0.15, 0.2) is 0 Å². The fourth-order valence-corrected chi connectivity index (χ4v) is 4.76. The van der Waals surface area contributed by atoms with E-state index in [-0.39, 0.29) is 11.8 Å². The molecule has 40 heavy (non-hydrogen) atoms. The molecule has 200 valence electrons. The van der Waals surface area contributed by atoms with Crippen LogP contribution < -0.4 is 10.1 Å². The Kier molecular flexibility index (Phi) is 6.43. The zero-order valence-corrected chi connectivity index (χ0v) is 22.1. The van der Waals surface area contributed by atoms with Gasteiger partial charge in [0, 0.05) is 46.8 Å². The third-order valence-electron chi connectivity index (χ3n) is 6.58. The minimum Gasteiger partial charge on any atom is -0.497 e. The Hall–Kier alpha value is -5.12. The number of nitrogens with one attached hydrogen (secondary N) is 3. The maximum absolute atomic E-state index is 14.3. The number of ether oxygens (including phenoxy) is 1. The summed E-state index contributed by atoms with van der Waals surface area (Å²) in [4.78, 5) is 28.9. The van der Waals surface area contributed by atoms with Crippen LogP contribution in [-0.2, 0) is 4.79 Å². The van der Waals surface area contributed by atoms with Crippen molar-refractivity contribution in [3.05, 3.63) is 73.2 Å². The highest BCUT2D eigenvalue weighted by molar-refractivity contribution is 6.01. The van der Waals surface area contributed by atoms with E-state index in [2.05, 4.69) is 35.5 Å². The summed E-state index contributed by atoms with van der Waals surface area (Å²) < 4.78 is 19.5. The van der Waals surface area contributed by atoms with Crippen LogP contribution in [0.1, 0.15) is 20.3 Å². The molecule has 10 heteroatoms. The number of aromatic nitrogens is 6. The molecule has 0 fully saturated rings. The Labute approximate surface area is 228 Å². The minimum atomic E-state index is -0.390. The third-order valence-corrected chi connectivity index (χ3v) is 6.58. The number of amides is 1. The fraction of sp³-hybridized carbons (Fsp3) is 0.167. The molecule has 0 bridgehead atoms. The quantitative estimate of drug-likeness (QED) is 0.219. The van der Waals surface area contributed by atoms with Crippen molar-refractivity contribution in [2.75, 3.05) is 12.4 Å². The summed E-state index contributed by atoms with van der Waals surface area (Å²) >= 11 is 0. The number of methoxy groups -OCH3 is 1. The van der Waals surface area contributed by atoms with E-state index in [9.17, 15) is 9.18 Å². The first-order valence-corrected chi connectivity index (χ1v) is 12.8. The van der Waals surface area contributed by atoms with E-state index in [1.165, 1.54) is 19.2 Å². The second kappa shape index (κ2) is 10.2. The number of anilines is 1. The average molecular weight is 536 g/mol. The Morgan fingerprint density at radius 3 is 2.62 bits per heavy atom. The van der Waals surface area contributed by atoms with Crippen molar-refractivity contribution in [2.24, 2.45) is 5.92 Å². The van der Waals surface area contributed by atoms with Crippen molar-refractivity contribution in [1.82, 2.24) is 30.1 Å². The maximum atomic E-state index is 14.3. The Morgan fingerprint density at radius 1 is 0.950 bits per heavy atom. The van der Waals surface area contributed by atoms with E-state index in [0.29, 0.717) is 34.8 Å². The van der Waals surface area contributed by atoms with E-state index in [1.807, 2.05) is 32.0 Å². The molecule has 9 nitrogen and oxygen atoms in total. The van der Waals surface area contributed by atoms with Gasteiger partial charge in [-0.05, 0) is 41.8 Å². The Balaban J connectivity index is 1.38. The van der Waals surface area contributed by atoms with Crippen LogP contribution in [-0.4, -0.2) is 43.2 Å². The topological polar surface area (TPSA) is 121 Å². The number of nitrogens with zero attached hydrogens (tertiary/aromatic N) is 4. The lowest BCUT2D eigenvalue weighted by atomic mass is 10.0. The molecule has 0 unspecified atom stereocenters. The maximum Gasteiger partial charge on any atom is 0.224 e. The molecule has 1 amide bonds. The van der Waals surface area contributed by atoms with Gasteiger partial charge in [-0.15, -0.1) is 0 Å². The molecule has 0 atom stereocenters. The number of carbonyl (C=O) groups excluding carboxylic acids is 1. The molecular weight excluding hydrogens is 509 g/mol. The SMILES string of the molecule is COc1cc(F)cc(-c2cncc3[nH]c(-c4n[nH]c5cnc(-c6cncc(NC(=O)CC(C)C)c6)cc45)cc23)c1. The van der Waals surface area contributed by atoms with Crippen molar-refractivity contribution in [3.8, 4) is 39.5 Å². The van der Waals surface area contributed by atoms with E-state index >= 15 is 0 Å². The molecule has 0 radical (unpaired) electrons. The molecule has 5 heterocycles. The van der Waals surface area contributed by atoms with Crippen molar-refractivity contribution in [2.45, 2.75) is 20.3 Å². The molecule has 0 aliphatic heterocycles. The lowest BCUT2D eigenvalue weighted by Gasteiger charge is -2.08. The first kappa shape index (κ1) is 25.2. The van der Waals surface area contributed by atoms with Crippen molar-refractivity contribution < 1.29 is 13.9 Å². The summed E-state index contributed by atoms with van der Waals surface area (Å²) in [5.41, 5.74) is 6.51. The van der Waals surface area contributed by atoms with Gasteiger partial charge >= 0.3 is 0 Å². The number of H-pyrrole nitrogens is 2. The number of rotatable bonds is 7. The normalized spacial score (nSPS) is 11.4. The highest BCUT2D eigenvalue weighted by Crippen LogP contribution is 2.35. The summed E-state index contributed by atoms with van der Waals surface area (Å²) in [7, 11) is 1.51. The second-order valence-corrected chi connectivity index (χ2v) is 10.0. The number of aromatic amines is 2. The summed E-state index contributed by atoms with van der Waals surface area (Å²) in [5, 5.41) is 12.2. The minimum absolute atomic E-state index is 0.0566. The van der Waals surface area contributed by atoms with Gasteiger partial charge in [0.2, 0.25) is 5.91 Å². The number of hydrogen-bond acceptors (Lipinski definition) is 6. The standard InChI is InChI=1S/C30H26FN7O2/c1-16(2)4-29(39)35-20-6-18(11-32-12-20)25-10-23-28(15-34-25)37-38-30(23)26-9-22-24(13-33-14-27(22)36-26)17-5-19(31)8-21(7-17)40-3/h5-16,36H,4H2,1-3H3,(H,35,39)(H,37,38). The van der Waals surface area contributed by atoms with E-state index in [4.69, 9.17) is 4.74 Å². The summed E-state index contributed by atoms with van der Waals surface area (Å²) in [6, 6.07) is 10.3. The first-order chi connectivity index (χ1) is 19.4. The number of hydrogen-bond donors (Lipinski definition) is 3. The van der Waals surface area contributed by atoms with E-state index < -0.39 is 5.82 Å². The molecule has 0 saturated carbocycles. The van der Waals surface area contributed by atoms with E-state index in [0.717, 1.165) is 38.6 Å². The molecule has 0 spiro atoms. The zero-order valence-electron chi connectivity index (χ0n) is 22.1. The smallest absolute Gasteiger partial charge is 0.224 e. The van der Waals surface area contributed by atoms with Gasteiger partial charge in [-0.2, -0.15) is 5.10 Å². The molecular formula is C30H26FN7O2. The van der Waals surface area contributed by atoms with Crippen LogP contribution >= 0.6 is 0 Å². The summed E-state index contributed by atoms with van der Waals surface area (Å²) in [6.07, 6.45) is 8.92. The molecule has 3 N–H and O–H groups in total. The van der Waals surface area contributed by atoms with E-state index in [1.54, 1.807) is 37.1 Å². The van der Waals surface area contributed by atoms with Crippen LogP contribution in [0.15, 0.2) is 67.4 Å². The molecule has 1 aromatic carbocycles. The van der Waals surface area contributed by atoms with Crippen molar-refractivity contribution in [1.29, 1.82) is 0 Å².